The standard InChI is InChI=1S/C16H27N3O2/c1-6-18(11-16(4,5)10-17)13(3)14-8-7-12(2)15(9-14)19(20)21/h7-9,13H,6,10-11,17H2,1-5H3. The molecule has 1 aromatic carbocycles. The van der Waals surface area contributed by atoms with E-state index in [2.05, 4.69) is 32.6 Å². The molecule has 0 spiro atoms. The lowest BCUT2D eigenvalue weighted by Crippen LogP contribution is -2.40. The van der Waals surface area contributed by atoms with Gasteiger partial charge in [-0.25, -0.2) is 0 Å². The van der Waals surface area contributed by atoms with Gasteiger partial charge in [0.2, 0.25) is 0 Å². The summed E-state index contributed by atoms with van der Waals surface area (Å²) >= 11 is 0. The van der Waals surface area contributed by atoms with Crippen molar-refractivity contribution in [3.05, 3.63) is 39.4 Å². The van der Waals surface area contributed by atoms with Crippen molar-refractivity contribution in [1.29, 1.82) is 0 Å². The summed E-state index contributed by atoms with van der Waals surface area (Å²) in [7, 11) is 0. The maximum Gasteiger partial charge on any atom is 0.272 e. The largest absolute Gasteiger partial charge is 0.330 e. The Morgan fingerprint density at radius 2 is 2.05 bits per heavy atom. The molecule has 0 bridgehead atoms. The predicted molar refractivity (Wildman–Crippen MR) is 86.3 cm³/mol. The molecule has 2 N–H and O–H groups in total. The minimum atomic E-state index is -0.314. The van der Waals surface area contributed by atoms with E-state index in [-0.39, 0.29) is 22.1 Å². The summed E-state index contributed by atoms with van der Waals surface area (Å²) in [6.45, 7) is 12.6. The lowest BCUT2D eigenvalue weighted by Gasteiger charge is -2.35. The van der Waals surface area contributed by atoms with E-state index in [9.17, 15) is 10.1 Å². The molecule has 0 heterocycles. The van der Waals surface area contributed by atoms with E-state index >= 15 is 0 Å². The second kappa shape index (κ2) is 7.00. The zero-order valence-electron chi connectivity index (χ0n) is 13.7. The van der Waals surface area contributed by atoms with Gasteiger partial charge in [-0.1, -0.05) is 32.9 Å². The fourth-order valence-electron chi connectivity index (χ4n) is 2.43. The van der Waals surface area contributed by atoms with Crippen LogP contribution in [0.2, 0.25) is 0 Å². The van der Waals surface area contributed by atoms with E-state index in [0.717, 1.165) is 18.7 Å². The molecule has 0 aromatic heterocycles. The average molecular weight is 293 g/mol. The van der Waals surface area contributed by atoms with Crippen LogP contribution in [-0.4, -0.2) is 29.5 Å². The summed E-state index contributed by atoms with van der Waals surface area (Å²) < 4.78 is 0. The molecule has 0 aliphatic carbocycles. The van der Waals surface area contributed by atoms with Gasteiger partial charge in [0, 0.05) is 24.2 Å². The van der Waals surface area contributed by atoms with Gasteiger partial charge < -0.3 is 5.73 Å². The number of rotatable bonds is 7. The van der Waals surface area contributed by atoms with Crippen LogP contribution in [0.25, 0.3) is 0 Å². The van der Waals surface area contributed by atoms with Crippen molar-refractivity contribution in [1.82, 2.24) is 4.90 Å². The number of benzene rings is 1. The first-order chi connectivity index (χ1) is 9.71. The zero-order valence-corrected chi connectivity index (χ0v) is 13.7. The summed E-state index contributed by atoms with van der Waals surface area (Å²) in [4.78, 5) is 13.1. The van der Waals surface area contributed by atoms with Gasteiger partial charge >= 0.3 is 0 Å². The molecule has 21 heavy (non-hydrogen) atoms. The first-order valence-electron chi connectivity index (χ1n) is 7.41. The van der Waals surface area contributed by atoms with Crippen molar-refractivity contribution in [2.24, 2.45) is 11.1 Å². The summed E-state index contributed by atoms with van der Waals surface area (Å²) in [5, 5.41) is 11.1. The second-order valence-corrected chi connectivity index (χ2v) is 6.41. The van der Waals surface area contributed by atoms with E-state index in [4.69, 9.17) is 5.73 Å². The molecule has 118 valence electrons. The van der Waals surface area contributed by atoms with Gasteiger partial charge in [-0.15, -0.1) is 0 Å². The molecule has 1 aromatic rings. The zero-order chi connectivity index (χ0) is 16.2. The Hall–Kier alpha value is -1.46. The summed E-state index contributed by atoms with van der Waals surface area (Å²) in [6.07, 6.45) is 0. The van der Waals surface area contributed by atoms with Gasteiger partial charge in [0.1, 0.15) is 0 Å². The number of hydrogen-bond donors (Lipinski definition) is 1. The Morgan fingerprint density at radius 3 is 2.52 bits per heavy atom. The van der Waals surface area contributed by atoms with Gasteiger partial charge in [0.05, 0.1) is 4.92 Å². The average Bonchev–Trinajstić information content (AvgIpc) is 2.44. The molecule has 5 nitrogen and oxygen atoms in total. The smallest absolute Gasteiger partial charge is 0.272 e. The minimum Gasteiger partial charge on any atom is -0.330 e. The van der Waals surface area contributed by atoms with Gasteiger partial charge in [0.25, 0.3) is 5.69 Å². The first kappa shape index (κ1) is 17.6. The summed E-state index contributed by atoms with van der Waals surface area (Å²) in [5.74, 6) is 0. The first-order valence-corrected chi connectivity index (χ1v) is 7.41. The fraction of sp³-hybridized carbons (Fsp3) is 0.625. The molecule has 0 aliphatic rings. The van der Waals surface area contributed by atoms with Crippen molar-refractivity contribution in [3.8, 4) is 0 Å². The number of aryl methyl sites for hydroxylation is 1. The number of hydrogen-bond acceptors (Lipinski definition) is 4. The quantitative estimate of drug-likeness (QED) is 0.618. The van der Waals surface area contributed by atoms with Crippen LogP contribution in [-0.2, 0) is 0 Å². The minimum absolute atomic E-state index is 0.0287. The Kier molecular flexibility index (Phi) is 5.87. The van der Waals surface area contributed by atoms with Crippen LogP contribution in [0.1, 0.15) is 44.9 Å². The molecule has 1 rings (SSSR count). The highest BCUT2D eigenvalue weighted by Gasteiger charge is 2.24. The normalized spacial score (nSPS) is 13.5. The molecule has 0 fully saturated rings. The molecule has 5 heteroatoms. The highest BCUT2D eigenvalue weighted by molar-refractivity contribution is 5.43. The third-order valence-electron chi connectivity index (χ3n) is 4.05. The highest BCUT2D eigenvalue weighted by atomic mass is 16.6. The lowest BCUT2D eigenvalue weighted by atomic mass is 9.91. The second-order valence-electron chi connectivity index (χ2n) is 6.41. The van der Waals surface area contributed by atoms with Crippen LogP contribution < -0.4 is 5.73 Å². The van der Waals surface area contributed by atoms with Crippen molar-refractivity contribution in [2.45, 2.75) is 40.7 Å². The maximum absolute atomic E-state index is 11.1. The number of nitrogens with zero attached hydrogens (tertiary/aromatic N) is 2. The van der Waals surface area contributed by atoms with Crippen LogP contribution in [0, 0.1) is 22.5 Å². The molecule has 0 aliphatic heterocycles. The topological polar surface area (TPSA) is 72.4 Å². The van der Waals surface area contributed by atoms with Crippen LogP contribution in [0.4, 0.5) is 5.69 Å². The summed E-state index contributed by atoms with van der Waals surface area (Å²) in [5.41, 5.74) is 7.70. The highest BCUT2D eigenvalue weighted by Crippen LogP contribution is 2.28. The molecule has 0 amide bonds. The Bertz CT molecular complexity index is 500. The number of nitrogens with two attached hydrogens (primary N) is 1. The van der Waals surface area contributed by atoms with Gasteiger partial charge in [-0.3, -0.25) is 15.0 Å². The van der Waals surface area contributed by atoms with Crippen LogP contribution in [0.5, 0.6) is 0 Å². The van der Waals surface area contributed by atoms with E-state index in [1.165, 1.54) is 0 Å². The molecule has 1 unspecified atom stereocenters. The van der Waals surface area contributed by atoms with Gasteiger partial charge in [0.15, 0.2) is 0 Å². The Balaban J connectivity index is 3.02. The molecule has 1 atom stereocenters. The third kappa shape index (κ3) is 4.51. The molecule has 0 radical (unpaired) electrons. The van der Waals surface area contributed by atoms with Crippen molar-refractivity contribution in [2.75, 3.05) is 19.6 Å². The van der Waals surface area contributed by atoms with Crippen molar-refractivity contribution < 1.29 is 4.92 Å². The van der Waals surface area contributed by atoms with Crippen molar-refractivity contribution in [3.63, 3.8) is 0 Å². The molecular formula is C16H27N3O2. The van der Waals surface area contributed by atoms with Crippen LogP contribution in [0.15, 0.2) is 18.2 Å². The molecular weight excluding hydrogens is 266 g/mol. The van der Waals surface area contributed by atoms with E-state index < -0.39 is 0 Å². The Morgan fingerprint density at radius 1 is 1.43 bits per heavy atom. The van der Waals surface area contributed by atoms with Gasteiger partial charge in [-0.2, -0.15) is 0 Å². The van der Waals surface area contributed by atoms with Gasteiger partial charge in [-0.05, 0) is 37.9 Å². The van der Waals surface area contributed by atoms with E-state index in [0.29, 0.717) is 12.1 Å². The number of nitro groups is 1. The predicted octanol–water partition coefficient (Wildman–Crippen LogP) is 3.27. The summed E-state index contributed by atoms with van der Waals surface area (Å²) in [6, 6.07) is 5.62. The van der Waals surface area contributed by atoms with Crippen molar-refractivity contribution >= 4 is 5.69 Å². The third-order valence-corrected chi connectivity index (χ3v) is 4.05. The monoisotopic (exact) mass is 293 g/mol. The lowest BCUT2D eigenvalue weighted by molar-refractivity contribution is -0.385. The molecule has 0 saturated carbocycles. The maximum atomic E-state index is 11.1. The van der Waals surface area contributed by atoms with Crippen LogP contribution in [0.3, 0.4) is 0 Å². The van der Waals surface area contributed by atoms with E-state index in [1.807, 2.05) is 12.1 Å². The molecule has 0 saturated heterocycles. The SMILES string of the molecule is CCN(CC(C)(C)CN)C(C)c1ccc(C)c([N+](=O)[O-])c1. The number of nitro benzene ring substituents is 1. The van der Waals surface area contributed by atoms with E-state index in [1.54, 1.807) is 13.0 Å². The van der Waals surface area contributed by atoms with Crippen LogP contribution >= 0.6 is 0 Å². The fourth-order valence-corrected chi connectivity index (χ4v) is 2.43. The Labute approximate surface area is 127 Å².